The molecule has 36 heavy (non-hydrogen) atoms. The Morgan fingerprint density at radius 3 is 2.61 bits per heavy atom. The van der Waals surface area contributed by atoms with Gasteiger partial charge in [-0.3, -0.25) is 9.55 Å². The van der Waals surface area contributed by atoms with Gasteiger partial charge >= 0.3 is 0 Å². The zero-order chi connectivity index (χ0) is 24.6. The van der Waals surface area contributed by atoms with Gasteiger partial charge < -0.3 is 19.7 Å². The minimum Gasteiger partial charge on any atom is -0.497 e. The Morgan fingerprint density at radius 1 is 0.972 bits per heavy atom. The monoisotopic (exact) mass is 513 g/mol. The van der Waals surface area contributed by atoms with Crippen molar-refractivity contribution in [1.29, 1.82) is 0 Å². The van der Waals surface area contributed by atoms with Crippen molar-refractivity contribution in [3.8, 4) is 16.6 Å². The molecule has 2 aromatic carbocycles. The van der Waals surface area contributed by atoms with Crippen LogP contribution in [0.15, 0.2) is 85.2 Å². The number of hydrogen-bond donors (Lipinski definition) is 1. The third kappa shape index (κ3) is 3.77. The molecule has 0 spiro atoms. The number of para-hydroxylation sites is 1. The molecule has 0 radical (unpaired) electrons. The smallest absolute Gasteiger partial charge is 0.194 e. The van der Waals surface area contributed by atoms with Gasteiger partial charge in [0.2, 0.25) is 0 Å². The molecule has 7 nitrogen and oxygen atoms in total. The molecular weight excluding hydrogens is 490 g/mol. The van der Waals surface area contributed by atoms with Gasteiger partial charge in [0.1, 0.15) is 17.5 Å². The Bertz CT molecular complexity index is 1520. The Morgan fingerprint density at radius 2 is 1.83 bits per heavy atom. The van der Waals surface area contributed by atoms with Crippen LogP contribution in [0.4, 0.5) is 5.69 Å². The quantitative estimate of drug-likeness (QED) is 0.293. The number of hydrogen-bond acceptors (Lipinski definition) is 6. The summed E-state index contributed by atoms with van der Waals surface area (Å²) in [6.45, 7) is 0. The molecule has 9 heteroatoms. The SMILES string of the molecule is COc1ccc(N2C(=S)NC(c3ccccn3)C2c2cccn2-c2nc3ccccc3s2)c(OC)c1. The number of aromatic nitrogens is 3. The molecule has 6 rings (SSSR count). The Kier molecular flexibility index (Phi) is 5.79. The summed E-state index contributed by atoms with van der Waals surface area (Å²) in [5.41, 5.74) is 3.76. The molecule has 1 aliphatic heterocycles. The summed E-state index contributed by atoms with van der Waals surface area (Å²) in [6.07, 6.45) is 3.85. The molecule has 180 valence electrons. The second-order valence-electron chi connectivity index (χ2n) is 8.30. The lowest BCUT2D eigenvalue weighted by Gasteiger charge is -2.29. The van der Waals surface area contributed by atoms with Gasteiger partial charge in [-0.05, 0) is 60.7 Å². The van der Waals surface area contributed by atoms with E-state index in [1.807, 2.05) is 66.9 Å². The molecule has 1 fully saturated rings. The molecule has 2 unspecified atom stereocenters. The van der Waals surface area contributed by atoms with Crippen molar-refractivity contribution in [3.63, 3.8) is 0 Å². The van der Waals surface area contributed by atoms with Crippen molar-refractivity contribution < 1.29 is 9.47 Å². The highest BCUT2D eigenvalue weighted by atomic mass is 32.1. The zero-order valence-corrected chi connectivity index (χ0v) is 21.3. The molecular formula is C27H23N5O2S2. The molecule has 1 saturated heterocycles. The van der Waals surface area contributed by atoms with Crippen molar-refractivity contribution in [2.24, 2.45) is 0 Å². The molecule has 3 aromatic heterocycles. The molecule has 2 atom stereocenters. The maximum Gasteiger partial charge on any atom is 0.194 e. The number of methoxy groups -OCH3 is 2. The van der Waals surface area contributed by atoms with Crippen LogP contribution in [0, 0.1) is 0 Å². The average molecular weight is 514 g/mol. The number of nitrogens with one attached hydrogen (secondary N) is 1. The zero-order valence-electron chi connectivity index (χ0n) is 19.7. The summed E-state index contributed by atoms with van der Waals surface area (Å²) in [4.78, 5) is 11.7. The lowest BCUT2D eigenvalue weighted by Crippen LogP contribution is -2.30. The number of thiazole rings is 1. The van der Waals surface area contributed by atoms with E-state index in [2.05, 4.69) is 31.9 Å². The minimum atomic E-state index is -0.211. The van der Waals surface area contributed by atoms with Crippen molar-refractivity contribution in [2.45, 2.75) is 12.1 Å². The standard InChI is InChI=1S/C27H23N5O2S2/c1-33-17-12-13-20(22(16-17)34-2)32-25(24(30-26(32)35)19-9-5-6-14-28-19)21-10-7-15-31(21)27-29-18-8-3-4-11-23(18)36-27/h3-16,24-25H,1-2H3,(H,30,35). The second-order valence-corrected chi connectivity index (χ2v) is 9.70. The fraction of sp³-hybridized carbons (Fsp3) is 0.148. The highest BCUT2D eigenvalue weighted by Crippen LogP contribution is 2.46. The number of benzene rings is 2. The van der Waals surface area contributed by atoms with Crippen LogP contribution in [-0.2, 0) is 0 Å². The maximum atomic E-state index is 5.91. The van der Waals surface area contributed by atoms with E-state index in [0.717, 1.165) is 32.4 Å². The van der Waals surface area contributed by atoms with Crippen molar-refractivity contribution >= 4 is 44.6 Å². The molecule has 4 heterocycles. The van der Waals surface area contributed by atoms with Crippen LogP contribution in [0.5, 0.6) is 11.5 Å². The van der Waals surface area contributed by atoms with E-state index in [1.54, 1.807) is 31.8 Å². The van der Waals surface area contributed by atoms with Gasteiger partial charge in [-0.25, -0.2) is 4.98 Å². The van der Waals surface area contributed by atoms with Gasteiger partial charge in [-0.2, -0.15) is 0 Å². The number of ether oxygens (including phenoxy) is 2. The first-order chi connectivity index (χ1) is 17.7. The van der Waals surface area contributed by atoms with Crippen LogP contribution in [0.25, 0.3) is 15.3 Å². The van der Waals surface area contributed by atoms with E-state index in [-0.39, 0.29) is 12.1 Å². The lowest BCUT2D eigenvalue weighted by atomic mass is 10.0. The average Bonchev–Trinajstić information content (AvgIpc) is 3.65. The fourth-order valence-corrected chi connectivity index (χ4v) is 5.98. The molecule has 1 aliphatic rings. The first-order valence-corrected chi connectivity index (χ1v) is 12.7. The first-order valence-electron chi connectivity index (χ1n) is 11.4. The molecule has 0 amide bonds. The fourth-order valence-electron chi connectivity index (χ4n) is 4.67. The van der Waals surface area contributed by atoms with Crippen molar-refractivity contribution in [2.75, 3.05) is 19.1 Å². The summed E-state index contributed by atoms with van der Waals surface area (Å²) in [5.74, 6) is 1.38. The summed E-state index contributed by atoms with van der Waals surface area (Å²) in [5, 5.41) is 5.01. The van der Waals surface area contributed by atoms with E-state index in [1.165, 1.54) is 0 Å². The molecule has 0 saturated carbocycles. The van der Waals surface area contributed by atoms with Crippen molar-refractivity contribution in [3.05, 3.63) is 96.6 Å². The first kappa shape index (κ1) is 22.5. The number of anilines is 1. The lowest BCUT2D eigenvalue weighted by molar-refractivity contribution is 0.394. The third-order valence-electron chi connectivity index (χ3n) is 6.32. The summed E-state index contributed by atoms with van der Waals surface area (Å²) in [7, 11) is 3.29. The number of nitrogens with zero attached hydrogens (tertiary/aromatic N) is 4. The largest absolute Gasteiger partial charge is 0.497 e. The second kappa shape index (κ2) is 9.25. The number of thiocarbonyl (C=S) groups is 1. The number of pyridine rings is 1. The van der Waals surface area contributed by atoms with E-state index in [9.17, 15) is 0 Å². The van der Waals surface area contributed by atoms with Gasteiger partial charge in [-0.15, -0.1) is 0 Å². The van der Waals surface area contributed by atoms with E-state index in [4.69, 9.17) is 26.7 Å². The molecule has 0 aliphatic carbocycles. The predicted molar refractivity (Wildman–Crippen MR) is 146 cm³/mol. The highest BCUT2D eigenvalue weighted by molar-refractivity contribution is 7.80. The van der Waals surface area contributed by atoms with E-state index in [0.29, 0.717) is 16.6 Å². The van der Waals surface area contributed by atoms with E-state index < -0.39 is 0 Å². The summed E-state index contributed by atoms with van der Waals surface area (Å²) in [6, 6.07) is 23.6. The van der Waals surface area contributed by atoms with Crippen LogP contribution in [0.2, 0.25) is 0 Å². The normalized spacial score (nSPS) is 17.4. The van der Waals surface area contributed by atoms with Gasteiger partial charge in [0.15, 0.2) is 10.2 Å². The minimum absolute atomic E-state index is 0.187. The van der Waals surface area contributed by atoms with E-state index >= 15 is 0 Å². The summed E-state index contributed by atoms with van der Waals surface area (Å²) >= 11 is 7.57. The highest BCUT2D eigenvalue weighted by Gasteiger charge is 2.43. The van der Waals surface area contributed by atoms with Crippen LogP contribution in [0.1, 0.15) is 23.5 Å². The van der Waals surface area contributed by atoms with Gasteiger partial charge in [0.05, 0.1) is 47.6 Å². The maximum absolute atomic E-state index is 5.91. The van der Waals surface area contributed by atoms with Gasteiger partial charge in [0.25, 0.3) is 0 Å². The Labute approximate surface area is 217 Å². The van der Waals surface area contributed by atoms with Crippen LogP contribution in [-0.4, -0.2) is 33.9 Å². The van der Waals surface area contributed by atoms with Crippen LogP contribution in [0.3, 0.4) is 0 Å². The summed E-state index contributed by atoms with van der Waals surface area (Å²) < 4.78 is 14.5. The molecule has 1 N–H and O–H groups in total. The van der Waals surface area contributed by atoms with Crippen LogP contribution >= 0.6 is 23.6 Å². The topological polar surface area (TPSA) is 64.4 Å². The van der Waals surface area contributed by atoms with Crippen molar-refractivity contribution in [1.82, 2.24) is 19.9 Å². The Hall–Kier alpha value is -3.95. The van der Waals surface area contributed by atoms with Gasteiger partial charge in [0, 0.05) is 18.5 Å². The van der Waals surface area contributed by atoms with Gasteiger partial charge in [-0.1, -0.05) is 29.5 Å². The third-order valence-corrected chi connectivity index (χ3v) is 7.67. The Balaban J connectivity index is 1.53. The predicted octanol–water partition coefficient (Wildman–Crippen LogP) is 5.68. The number of rotatable bonds is 6. The number of fused-ring (bicyclic) bond motifs is 1. The molecule has 0 bridgehead atoms. The van der Waals surface area contributed by atoms with Crippen LogP contribution < -0.4 is 19.7 Å². The molecule has 5 aromatic rings.